The topological polar surface area (TPSA) is 51.9 Å². The van der Waals surface area contributed by atoms with Gasteiger partial charge in [-0.25, -0.2) is 0 Å². The van der Waals surface area contributed by atoms with E-state index in [0.717, 1.165) is 17.9 Å². The summed E-state index contributed by atoms with van der Waals surface area (Å²) in [7, 11) is 0. The number of hydrogen-bond donors (Lipinski definition) is 1. The highest BCUT2D eigenvalue weighted by molar-refractivity contribution is 7.73. The van der Waals surface area contributed by atoms with Crippen molar-refractivity contribution in [3.8, 4) is 17.1 Å². The number of hydrogen-bond acceptors (Lipinski definition) is 5. The zero-order valence-electron chi connectivity index (χ0n) is 16.0. The van der Waals surface area contributed by atoms with Crippen molar-refractivity contribution in [3.05, 3.63) is 73.2 Å². The molecule has 0 unspecified atom stereocenters. The van der Waals surface area contributed by atoms with Crippen LogP contribution in [0.3, 0.4) is 0 Å². The lowest BCUT2D eigenvalue weighted by atomic mass is 10.1. The van der Waals surface area contributed by atoms with E-state index in [4.69, 9.17) is 29.2 Å². The molecule has 148 valence electrons. The van der Waals surface area contributed by atoms with Crippen LogP contribution in [0.25, 0.3) is 21.7 Å². The third kappa shape index (κ3) is 3.59. The predicted octanol–water partition coefficient (Wildman–Crippen LogP) is 5.59. The highest BCUT2D eigenvalue weighted by atomic mass is 32.1. The lowest BCUT2D eigenvalue weighted by molar-refractivity contribution is 0.340. The number of aryl methyl sites for hydroxylation is 1. The van der Waals surface area contributed by atoms with E-state index in [-0.39, 0.29) is 5.56 Å². The molecular formula is C21H19N3O2S3. The Morgan fingerprint density at radius 2 is 1.59 bits per heavy atom. The normalized spacial score (nSPS) is 11.1. The minimum absolute atomic E-state index is 0.187. The van der Waals surface area contributed by atoms with Crippen LogP contribution >= 0.6 is 35.8 Å². The first-order valence-corrected chi connectivity index (χ1v) is 10.9. The van der Waals surface area contributed by atoms with Crippen LogP contribution in [-0.4, -0.2) is 20.7 Å². The van der Waals surface area contributed by atoms with Crippen molar-refractivity contribution in [1.29, 1.82) is 0 Å². The molecule has 0 fully saturated rings. The van der Waals surface area contributed by atoms with Crippen molar-refractivity contribution in [3.63, 3.8) is 0 Å². The first-order valence-electron chi connectivity index (χ1n) is 9.27. The van der Waals surface area contributed by atoms with Crippen LogP contribution in [0.4, 0.5) is 0 Å². The van der Waals surface area contributed by atoms with Crippen LogP contribution in [-0.2, 0) is 6.42 Å². The summed E-state index contributed by atoms with van der Waals surface area (Å²) in [6.45, 7) is 4.62. The summed E-state index contributed by atoms with van der Waals surface area (Å²) in [5.74, 6) is 0.748. The molecule has 0 atom stereocenters. The number of benzene rings is 2. The molecule has 0 amide bonds. The Balaban J connectivity index is 1.90. The summed E-state index contributed by atoms with van der Waals surface area (Å²) in [4.78, 5) is 16.5. The minimum atomic E-state index is -0.187. The lowest BCUT2D eigenvalue weighted by Gasteiger charge is -2.10. The average Bonchev–Trinajstić information content (AvgIpc) is 3.05. The van der Waals surface area contributed by atoms with Gasteiger partial charge in [0.25, 0.3) is 5.56 Å². The van der Waals surface area contributed by atoms with Crippen LogP contribution < -0.4 is 10.3 Å². The SMILES string of the molecule is CCOc1ccc(-n2c(=S)[nH]c3c(sc(=S)n3-c3ccc(CC)cc3)c2=O)cc1. The molecule has 0 spiro atoms. The number of fused-ring (bicyclic) bond motifs is 1. The first kappa shape index (κ1) is 19.8. The number of H-pyrrole nitrogens is 1. The smallest absolute Gasteiger partial charge is 0.278 e. The Bertz CT molecular complexity index is 1340. The lowest BCUT2D eigenvalue weighted by Crippen LogP contribution is -2.20. The third-order valence-electron chi connectivity index (χ3n) is 4.65. The quantitative estimate of drug-likeness (QED) is 0.410. The van der Waals surface area contributed by atoms with Gasteiger partial charge in [-0.05, 0) is 79.7 Å². The van der Waals surface area contributed by atoms with Crippen molar-refractivity contribution in [2.45, 2.75) is 20.3 Å². The highest BCUT2D eigenvalue weighted by Gasteiger charge is 2.15. The van der Waals surface area contributed by atoms with Gasteiger partial charge in [-0.3, -0.25) is 13.9 Å². The van der Waals surface area contributed by atoms with Crippen molar-refractivity contribution in [2.24, 2.45) is 0 Å². The molecule has 8 heteroatoms. The highest BCUT2D eigenvalue weighted by Crippen LogP contribution is 2.24. The number of nitrogens with zero attached hydrogens (tertiary/aromatic N) is 2. The summed E-state index contributed by atoms with van der Waals surface area (Å²) in [6.07, 6.45) is 0.964. The summed E-state index contributed by atoms with van der Waals surface area (Å²) in [5.41, 5.74) is 3.27. The second kappa shape index (κ2) is 8.06. The van der Waals surface area contributed by atoms with Crippen LogP contribution in [0.15, 0.2) is 53.3 Å². The Morgan fingerprint density at radius 3 is 2.21 bits per heavy atom. The number of nitrogens with one attached hydrogen (secondary N) is 1. The second-order valence-corrected chi connectivity index (χ2v) is 8.43. The van der Waals surface area contributed by atoms with E-state index in [0.29, 0.717) is 31.4 Å². The largest absolute Gasteiger partial charge is 0.494 e. The third-order valence-corrected chi connectivity index (χ3v) is 6.29. The number of ether oxygens (including phenoxy) is 1. The van der Waals surface area contributed by atoms with Crippen molar-refractivity contribution >= 4 is 46.1 Å². The molecule has 0 saturated heterocycles. The Labute approximate surface area is 181 Å². The first-order chi connectivity index (χ1) is 14.0. The van der Waals surface area contributed by atoms with Gasteiger partial charge in [0.05, 0.1) is 12.3 Å². The minimum Gasteiger partial charge on any atom is -0.494 e. The summed E-state index contributed by atoms with van der Waals surface area (Å²) >= 11 is 12.4. The van der Waals surface area contributed by atoms with E-state index in [2.05, 4.69) is 24.0 Å². The number of rotatable bonds is 5. The molecular weight excluding hydrogens is 422 g/mol. The molecule has 0 aliphatic heterocycles. The van der Waals surface area contributed by atoms with Crippen LogP contribution in [0.2, 0.25) is 0 Å². The van der Waals surface area contributed by atoms with E-state index in [1.165, 1.54) is 21.5 Å². The predicted molar refractivity (Wildman–Crippen MR) is 123 cm³/mol. The maximum atomic E-state index is 13.3. The van der Waals surface area contributed by atoms with Crippen molar-refractivity contribution in [1.82, 2.24) is 14.1 Å². The van der Waals surface area contributed by atoms with Crippen molar-refractivity contribution in [2.75, 3.05) is 6.61 Å². The number of thiazole rings is 1. The van der Waals surface area contributed by atoms with E-state index in [9.17, 15) is 4.79 Å². The zero-order valence-corrected chi connectivity index (χ0v) is 18.4. The fourth-order valence-electron chi connectivity index (χ4n) is 3.19. The number of aromatic nitrogens is 3. The average molecular weight is 442 g/mol. The van der Waals surface area contributed by atoms with Gasteiger partial charge in [0.1, 0.15) is 16.1 Å². The molecule has 4 aromatic rings. The van der Waals surface area contributed by atoms with Crippen LogP contribution in [0.1, 0.15) is 19.4 Å². The van der Waals surface area contributed by atoms with Crippen LogP contribution in [0.5, 0.6) is 5.75 Å². The zero-order chi connectivity index (χ0) is 20.5. The van der Waals surface area contributed by atoms with Gasteiger partial charge in [-0.1, -0.05) is 30.4 Å². The van der Waals surface area contributed by atoms with Gasteiger partial charge in [-0.15, -0.1) is 0 Å². The fourth-order valence-corrected chi connectivity index (χ4v) is 4.80. The standard InChI is InChI=1S/C21H19N3O2S3/c1-3-13-5-7-14(8-6-13)23-18-17(29-21(23)28)19(25)24(20(27)22-18)15-9-11-16(12-10-15)26-4-2/h5-12H,3-4H2,1-2H3,(H,22,27). The molecule has 2 heterocycles. The summed E-state index contributed by atoms with van der Waals surface area (Å²) in [5, 5.41) is 0. The Hall–Kier alpha value is -2.55. The molecule has 2 aromatic heterocycles. The summed E-state index contributed by atoms with van der Waals surface area (Å²) < 4.78 is 10.3. The molecule has 0 bridgehead atoms. The van der Waals surface area contributed by atoms with Crippen molar-refractivity contribution < 1.29 is 4.74 Å². The van der Waals surface area contributed by atoms with Gasteiger partial charge >= 0.3 is 0 Å². The second-order valence-electron chi connectivity index (χ2n) is 6.40. The Kier molecular flexibility index (Phi) is 5.49. The Morgan fingerprint density at radius 1 is 0.966 bits per heavy atom. The van der Waals surface area contributed by atoms with Gasteiger partial charge in [0.2, 0.25) is 0 Å². The molecule has 0 saturated carbocycles. The number of aromatic amines is 1. The van der Waals surface area contributed by atoms with E-state index >= 15 is 0 Å². The summed E-state index contributed by atoms with van der Waals surface area (Å²) in [6, 6.07) is 15.4. The maximum Gasteiger partial charge on any atom is 0.278 e. The van der Waals surface area contributed by atoms with E-state index in [1.807, 2.05) is 47.9 Å². The van der Waals surface area contributed by atoms with E-state index in [1.54, 1.807) is 0 Å². The molecule has 0 radical (unpaired) electrons. The molecule has 5 nitrogen and oxygen atoms in total. The van der Waals surface area contributed by atoms with Gasteiger partial charge in [-0.2, -0.15) is 0 Å². The molecule has 4 rings (SSSR count). The fraction of sp³-hybridized carbons (Fsp3) is 0.190. The van der Waals surface area contributed by atoms with Crippen LogP contribution in [0, 0.1) is 8.73 Å². The van der Waals surface area contributed by atoms with Gasteiger partial charge < -0.3 is 9.72 Å². The maximum absolute atomic E-state index is 13.3. The monoisotopic (exact) mass is 441 g/mol. The van der Waals surface area contributed by atoms with Gasteiger partial charge in [0.15, 0.2) is 8.73 Å². The molecule has 0 aliphatic rings. The molecule has 1 N–H and O–H groups in total. The molecule has 2 aromatic carbocycles. The van der Waals surface area contributed by atoms with E-state index < -0.39 is 0 Å². The van der Waals surface area contributed by atoms with Gasteiger partial charge in [0, 0.05) is 5.69 Å². The molecule has 0 aliphatic carbocycles. The molecule has 29 heavy (non-hydrogen) atoms.